The molecule has 2 N–H and O–H groups in total. The van der Waals surface area contributed by atoms with Crippen molar-refractivity contribution < 1.29 is 28.7 Å². The zero-order valence-corrected chi connectivity index (χ0v) is 36.9. The molecule has 2 fully saturated rings. The minimum atomic E-state index is -0.578. The molecule has 4 aromatic rings. The Bertz CT molecular complexity index is 1890. The summed E-state index contributed by atoms with van der Waals surface area (Å²) in [5, 5.41) is 25.7. The summed E-state index contributed by atoms with van der Waals surface area (Å²) in [6.45, 7) is 15.0. The topological polar surface area (TPSA) is 175 Å². The van der Waals surface area contributed by atoms with Gasteiger partial charge in [-0.25, -0.2) is 9.59 Å². The highest BCUT2D eigenvalue weighted by molar-refractivity contribution is 7.15. The van der Waals surface area contributed by atoms with Gasteiger partial charge in [0.05, 0.1) is 0 Å². The highest BCUT2D eigenvalue weighted by Crippen LogP contribution is 2.29. The van der Waals surface area contributed by atoms with Crippen molar-refractivity contribution in [2.24, 2.45) is 0 Å². The van der Waals surface area contributed by atoms with Crippen LogP contribution in [0.5, 0.6) is 0 Å². The Morgan fingerprint density at radius 3 is 1.25 bits per heavy atom. The van der Waals surface area contributed by atoms with Gasteiger partial charge >= 0.3 is 12.2 Å². The lowest BCUT2D eigenvalue weighted by molar-refractivity contribution is -0.123. The molecule has 4 heterocycles. The number of aryl methyl sites for hydroxylation is 2. The first kappa shape index (κ1) is 44.5. The number of unbranched alkanes of at least 4 members (excludes halogenated alkanes) is 1. The van der Waals surface area contributed by atoms with Crippen LogP contribution in [-0.4, -0.2) is 128 Å². The monoisotopic (exact) mass is 860 g/mol. The third-order valence-electron chi connectivity index (χ3n) is 9.81. The van der Waals surface area contributed by atoms with Crippen LogP contribution in [0.2, 0.25) is 0 Å². The number of aromatic nitrogens is 4. The van der Waals surface area contributed by atoms with Gasteiger partial charge in [0.2, 0.25) is 22.1 Å². The normalized spacial score (nSPS) is 16.5. The maximum atomic E-state index is 13.8. The standard InChI is InChI=1S/C42H56N10O6S2/c1-41(2,3)57-39(55)51-25-21-49(22-26-51)33(29-15-9-7-10-16-29)35(53)43-37-47-45-31(59-37)19-13-14-20-32-46-48-38(60-32)44-36(54)34(30-17-11-8-12-18-30)50-23-27-52(28-24-50)40(56)58-42(4,5)6/h7-12,15-18,33-34H,13-14,19-28H2,1-6H3,(H,43,47,53)(H,44,48,54)/t33-,34?/m0/s1. The molecule has 0 bridgehead atoms. The van der Waals surface area contributed by atoms with Crippen LogP contribution in [0.3, 0.4) is 0 Å². The van der Waals surface area contributed by atoms with Crippen molar-refractivity contribution in [1.29, 1.82) is 0 Å². The molecule has 2 aromatic heterocycles. The second-order valence-electron chi connectivity index (χ2n) is 16.8. The molecule has 2 aromatic carbocycles. The number of amides is 4. The van der Waals surface area contributed by atoms with Gasteiger partial charge in [-0.2, -0.15) is 0 Å². The van der Waals surface area contributed by atoms with Crippen molar-refractivity contribution in [3.63, 3.8) is 0 Å². The number of carbonyl (C=O) groups is 4. The molecule has 322 valence electrons. The van der Waals surface area contributed by atoms with Crippen LogP contribution < -0.4 is 10.6 Å². The number of hydrogen-bond donors (Lipinski definition) is 2. The molecule has 60 heavy (non-hydrogen) atoms. The summed E-state index contributed by atoms with van der Waals surface area (Å²) in [4.78, 5) is 60.4. The maximum absolute atomic E-state index is 13.8. The van der Waals surface area contributed by atoms with Crippen LogP contribution >= 0.6 is 22.7 Å². The van der Waals surface area contributed by atoms with Crippen molar-refractivity contribution in [2.45, 2.75) is 90.5 Å². The zero-order valence-electron chi connectivity index (χ0n) is 35.3. The van der Waals surface area contributed by atoms with E-state index in [1.165, 1.54) is 22.7 Å². The molecule has 2 atom stereocenters. The fourth-order valence-electron chi connectivity index (χ4n) is 7.02. The Kier molecular flexibility index (Phi) is 14.8. The number of hydrogen-bond acceptors (Lipinski definition) is 14. The summed E-state index contributed by atoms with van der Waals surface area (Å²) >= 11 is 2.72. The first-order valence-electron chi connectivity index (χ1n) is 20.4. The van der Waals surface area contributed by atoms with E-state index in [-0.39, 0.29) is 24.0 Å². The van der Waals surface area contributed by atoms with E-state index >= 15 is 0 Å². The van der Waals surface area contributed by atoms with E-state index in [2.05, 4.69) is 40.8 Å². The van der Waals surface area contributed by atoms with Gasteiger partial charge in [-0.05, 0) is 65.5 Å². The average Bonchev–Trinajstić information content (AvgIpc) is 3.85. The molecule has 0 spiro atoms. The van der Waals surface area contributed by atoms with Crippen molar-refractivity contribution in [3.8, 4) is 0 Å². The minimum absolute atomic E-state index is 0.204. The summed E-state index contributed by atoms with van der Waals surface area (Å²) in [5.74, 6) is -0.408. The van der Waals surface area contributed by atoms with E-state index in [9.17, 15) is 19.2 Å². The van der Waals surface area contributed by atoms with Crippen LogP contribution in [-0.2, 0) is 31.9 Å². The molecule has 2 aliphatic rings. The summed E-state index contributed by atoms with van der Waals surface area (Å²) < 4.78 is 11.1. The number of benzene rings is 2. The molecule has 6 rings (SSSR count). The van der Waals surface area contributed by atoms with Crippen LogP contribution in [0.25, 0.3) is 0 Å². The number of nitrogens with one attached hydrogen (secondary N) is 2. The first-order chi connectivity index (χ1) is 28.6. The Balaban J connectivity index is 0.973. The Labute approximate surface area is 359 Å². The van der Waals surface area contributed by atoms with E-state index in [0.29, 0.717) is 75.5 Å². The summed E-state index contributed by atoms with van der Waals surface area (Å²) in [6.07, 6.45) is 2.32. The van der Waals surface area contributed by atoms with Gasteiger partial charge < -0.3 is 19.3 Å². The lowest BCUT2D eigenvalue weighted by Crippen LogP contribution is -2.52. The quantitative estimate of drug-likeness (QED) is 0.141. The number of ether oxygens (including phenoxy) is 2. The molecule has 0 saturated carbocycles. The Hall–Kier alpha value is -5.04. The van der Waals surface area contributed by atoms with Gasteiger partial charge in [0.15, 0.2) is 0 Å². The number of rotatable bonds is 13. The minimum Gasteiger partial charge on any atom is -0.444 e. The molecule has 0 radical (unpaired) electrons. The van der Waals surface area contributed by atoms with Crippen molar-refractivity contribution in [1.82, 2.24) is 40.0 Å². The number of carbonyl (C=O) groups excluding carboxylic acids is 4. The van der Waals surface area contributed by atoms with Gasteiger partial charge in [0.25, 0.3) is 0 Å². The highest BCUT2D eigenvalue weighted by atomic mass is 32.1. The zero-order chi connectivity index (χ0) is 42.9. The third-order valence-corrected chi connectivity index (χ3v) is 11.6. The molecule has 1 unspecified atom stereocenters. The summed E-state index contributed by atoms with van der Waals surface area (Å²) in [7, 11) is 0. The average molecular weight is 861 g/mol. The van der Waals surface area contributed by atoms with Gasteiger partial charge in [-0.15, -0.1) is 20.4 Å². The SMILES string of the molecule is CC(C)(C)OC(=O)N1CCN(C(C(=O)Nc2nnc(CCCCc3nnc(NC(=O)[C@H](c4ccccc4)N4CCN(C(=O)OC(C)(C)C)CC4)s3)s2)c2ccccc2)CC1. The molecular formula is C42H56N10O6S2. The molecule has 0 aliphatic carbocycles. The second kappa shape index (κ2) is 20.0. The van der Waals surface area contributed by atoms with Gasteiger partial charge in [-0.3, -0.25) is 30.0 Å². The third kappa shape index (κ3) is 12.7. The van der Waals surface area contributed by atoms with E-state index in [4.69, 9.17) is 9.47 Å². The molecule has 4 amide bonds. The first-order valence-corrected chi connectivity index (χ1v) is 22.1. The Morgan fingerprint density at radius 1 is 0.567 bits per heavy atom. The fraction of sp³-hybridized carbons (Fsp3) is 0.524. The van der Waals surface area contributed by atoms with Crippen molar-refractivity contribution >= 4 is 56.9 Å². The van der Waals surface area contributed by atoms with Crippen LogP contribution in [0.1, 0.15) is 87.6 Å². The van der Waals surface area contributed by atoms with Crippen molar-refractivity contribution in [3.05, 3.63) is 81.8 Å². The fourth-order valence-corrected chi connectivity index (χ4v) is 8.58. The van der Waals surface area contributed by atoms with Gasteiger partial charge in [0, 0.05) is 65.2 Å². The van der Waals surface area contributed by atoms with Crippen LogP contribution in [0.15, 0.2) is 60.7 Å². The van der Waals surface area contributed by atoms with Crippen LogP contribution in [0, 0.1) is 0 Å². The smallest absolute Gasteiger partial charge is 0.410 e. The van der Waals surface area contributed by atoms with Gasteiger partial charge in [0.1, 0.15) is 33.3 Å². The molecule has 18 heteroatoms. The van der Waals surface area contributed by atoms with E-state index in [0.717, 1.165) is 34.0 Å². The molecule has 2 aliphatic heterocycles. The van der Waals surface area contributed by atoms with E-state index < -0.39 is 23.3 Å². The number of piperazine rings is 2. The predicted octanol–water partition coefficient (Wildman–Crippen LogP) is 6.42. The summed E-state index contributed by atoms with van der Waals surface area (Å²) in [6, 6.07) is 18.1. The lowest BCUT2D eigenvalue weighted by Gasteiger charge is -2.39. The molecular weight excluding hydrogens is 805 g/mol. The van der Waals surface area contributed by atoms with E-state index in [1.807, 2.05) is 102 Å². The van der Waals surface area contributed by atoms with Gasteiger partial charge in [-0.1, -0.05) is 83.3 Å². The Morgan fingerprint density at radius 2 is 0.917 bits per heavy atom. The largest absolute Gasteiger partial charge is 0.444 e. The second-order valence-corrected chi connectivity index (χ2v) is 18.9. The number of anilines is 2. The van der Waals surface area contributed by atoms with Crippen molar-refractivity contribution in [2.75, 3.05) is 63.0 Å². The van der Waals surface area contributed by atoms with E-state index in [1.54, 1.807) is 9.80 Å². The highest BCUT2D eigenvalue weighted by Gasteiger charge is 2.35. The number of nitrogens with zero attached hydrogens (tertiary/aromatic N) is 8. The predicted molar refractivity (Wildman–Crippen MR) is 231 cm³/mol. The lowest BCUT2D eigenvalue weighted by atomic mass is 10.0. The maximum Gasteiger partial charge on any atom is 0.410 e. The van der Waals surface area contributed by atoms with Crippen LogP contribution in [0.4, 0.5) is 19.9 Å². The molecule has 16 nitrogen and oxygen atoms in total. The molecule has 2 saturated heterocycles. The summed E-state index contributed by atoms with van der Waals surface area (Å²) in [5.41, 5.74) is 0.559.